The summed E-state index contributed by atoms with van der Waals surface area (Å²) < 4.78 is 17.9. The first kappa shape index (κ1) is 16.8. The highest BCUT2D eigenvalue weighted by Crippen LogP contribution is 2.21. The Morgan fingerprint density at radius 3 is 2.82 bits per heavy atom. The fourth-order valence-electron chi connectivity index (χ4n) is 3.54. The molecule has 0 saturated carbocycles. The van der Waals surface area contributed by atoms with Crippen LogP contribution in [0.1, 0.15) is 30.9 Å². The van der Waals surface area contributed by atoms with E-state index < -0.39 is 0 Å². The smallest absolute Gasteiger partial charge is 0.188 e. The molecule has 0 unspecified atom stereocenters. The fraction of sp³-hybridized carbons (Fsp3) is 0.316. The van der Waals surface area contributed by atoms with Crippen molar-refractivity contribution in [3.05, 3.63) is 53.9 Å². The molecule has 0 fully saturated rings. The summed E-state index contributed by atoms with van der Waals surface area (Å²) in [4.78, 5) is 0. The molecule has 5 rings (SSSR count). The molecule has 8 nitrogen and oxygen atoms in total. The summed E-state index contributed by atoms with van der Waals surface area (Å²) in [6, 6.07) is 10.1. The Morgan fingerprint density at radius 1 is 0.964 bits per heavy atom. The van der Waals surface area contributed by atoms with Crippen LogP contribution in [-0.2, 0) is 19.5 Å². The molecule has 142 valence electrons. The number of aryl methyl sites for hydroxylation is 1. The van der Waals surface area contributed by atoms with E-state index in [1.54, 1.807) is 28.8 Å². The molecule has 1 aliphatic rings. The van der Waals surface area contributed by atoms with Gasteiger partial charge in [0, 0.05) is 13.0 Å². The molecule has 4 aromatic rings. The van der Waals surface area contributed by atoms with E-state index in [1.807, 2.05) is 6.07 Å². The highest BCUT2D eigenvalue weighted by molar-refractivity contribution is 5.60. The van der Waals surface area contributed by atoms with Crippen LogP contribution in [-0.4, -0.2) is 34.6 Å². The largest absolute Gasteiger partial charge is 0.361 e. The van der Waals surface area contributed by atoms with Crippen molar-refractivity contribution in [2.45, 2.75) is 38.8 Å². The number of nitrogens with zero attached hydrogens (tertiary/aromatic N) is 7. The van der Waals surface area contributed by atoms with E-state index in [4.69, 9.17) is 0 Å². The minimum atomic E-state index is -0.358. The molecular weight excluding hydrogens is 359 g/mol. The standard InChI is InChI=1S/C19H19FN8/c20-14-7-4-3-6-13(14)19-25-23-17-10-9-15(26-28(17)19)21-12-18-24-22-16-8-2-1-5-11-27(16)18/h3-4,6-7,9-10H,1-2,5,8,11-12H2,(H,21,26). The molecule has 4 heterocycles. The molecule has 1 N–H and O–H groups in total. The number of benzene rings is 1. The van der Waals surface area contributed by atoms with Crippen molar-refractivity contribution >= 4 is 11.5 Å². The van der Waals surface area contributed by atoms with Gasteiger partial charge in [-0.15, -0.1) is 25.5 Å². The third-order valence-corrected chi connectivity index (χ3v) is 4.99. The lowest BCUT2D eigenvalue weighted by Gasteiger charge is -2.09. The molecule has 28 heavy (non-hydrogen) atoms. The summed E-state index contributed by atoms with van der Waals surface area (Å²) in [6.45, 7) is 1.47. The Kier molecular flexibility index (Phi) is 4.19. The Hall–Kier alpha value is -3.36. The first-order valence-corrected chi connectivity index (χ1v) is 9.42. The molecule has 0 radical (unpaired) electrons. The van der Waals surface area contributed by atoms with Gasteiger partial charge in [0.2, 0.25) is 0 Å². The van der Waals surface area contributed by atoms with Crippen LogP contribution in [0.15, 0.2) is 36.4 Å². The molecule has 0 amide bonds. The van der Waals surface area contributed by atoms with Crippen LogP contribution in [0.25, 0.3) is 17.0 Å². The van der Waals surface area contributed by atoms with E-state index in [-0.39, 0.29) is 5.82 Å². The van der Waals surface area contributed by atoms with E-state index in [9.17, 15) is 4.39 Å². The van der Waals surface area contributed by atoms with E-state index in [2.05, 4.69) is 35.4 Å². The number of nitrogens with one attached hydrogen (secondary N) is 1. The highest BCUT2D eigenvalue weighted by atomic mass is 19.1. The number of hydrogen-bond donors (Lipinski definition) is 1. The van der Waals surface area contributed by atoms with E-state index in [0.29, 0.717) is 29.4 Å². The van der Waals surface area contributed by atoms with Gasteiger partial charge in [0.1, 0.15) is 17.5 Å². The number of hydrogen-bond acceptors (Lipinski definition) is 6. The van der Waals surface area contributed by atoms with E-state index >= 15 is 0 Å². The third-order valence-electron chi connectivity index (χ3n) is 4.99. The minimum Gasteiger partial charge on any atom is -0.361 e. The molecule has 0 atom stereocenters. The fourth-order valence-corrected chi connectivity index (χ4v) is 3.54. The van der Waals surface area contributed by atoms with Crippen molar-refractivity contribution in [3.8, 4) is 11.4 Å². The second kappa shape index (κ2) is 6.99. The van der Waals surface area contributed by atoms with Crippen LogP contribution in [0.5, 0.6) is 0 Å². The average molecular weight is 378 g/mol. The zero-order chi connectivity index (χ0) is 18.9. The lowest BCUT2D eigenvalue weighted by Crippen LogP contribution is -2.11. The quantitative estimate of drug-likeness (QED) is 0.588. The van der Waals surface area contributed by atoms with Crippen LogP contribution < -0.4 is 5.32 Å². The monoisotopic (exact) mass is 378 g/mol. The normalized spacial score (nSPS) is 14.0. The van der Waals surface area contributed by atoms with Crippen LogP contribution in [0.2, 0.25) is 0 Å². The minimum absolute atomic E-state index is 0.358. The van der Waals surface area contributed by atoms with Gasteiger partial charge in [-0.25, -0.2) is 4.39 Å². The maximum Gasteiger partial charge on any atom is 0.188 e. The number of halogens is 1. The van der Waals surface area contributed by atoms with Gasteiger partial charge in [-0.2, -0.15) is 4.52 Å². The van der Waals surface area contributed by atoms with Gasteiger partial charge < -0.3 is 9.88 Å². The van der Waals surface area contributed by atoms with Gasteiger partial charge in [0.25, 0.3) is 0 Å². The second-order valence-corrected chi connectivity index (χ2v) is 6.84. The molecule has 0 bridgehead atoms. The Bertz CT molecular complexity index is 1130. The summed E-state index contributed by atoms with van der Waals surface area (Å²) in [5.41, 5.74) is 0.919. The maximum atomic E-state index is 14.2. The van der Waals surface area contributed by atoms with Crippen LogP contribution in [0, 0.1) is 5.82 Å². The summed E-state index contributed by atoms with van der Waals surface area (Å²) in [6.07, 6.45) is 4.51. The van der Waals surface area contributed by atoms with Gasteiger partial charge in [-0.3, -0.25) is 0 Å². The van der Waals surface area contributed by atoms with E-state index in [1.165, 1.54) is 12.5 Å². The Balaban J connectivity index is 1.42. The molecule has 0 saturated heterocycles. The van der Waals surface area contributed by atoms with Gasteiger partial charge in [-0.1, -0.05) is 18.6 Å². The summed E-state index contributed by atoms with van der Waals surface area (Å²) >= 11 is 0. The molecular formula is C19H19FN8. The lowest BCUT2D eigenvalue weighted by molar-refractivity contribution is 0.609. The molecule has 0 spiro atoms. The SMILES string of the molecule is Fc1ccccc1-c1nnc2ccc(NCc3nnc4n3CCCCC4)nn12. The van der Waals surface area contributed by atoms with Crippen LogP contribution in [0.3, 0.4) is 0 Å². The van der Waals surface area contributed by atoms with Crippen molar-refractivity contribution < 1.29 is 4.39 Å². The lowest BCUT2D eigenvalue weighted by atomic mass is 10.2. The predicted octanol–water partition coefficient (Wildman–Crippen LogP) is 2.86. The van der Waals surface area contributed by atoms with Crippen LogP contribution in [0.4, 0.5) is 10.2 Å². The zero-order valence-electron chi connectivity index (χ0n) is 15.2. The Morgan fingerprint density at radius 2 is 1.89 bits per heavy atom. The summed E-state index contributed by atoms with van der Waals surface area (Å²) in [5, 5.41) is 24.7. The molecule has 0 aliphatic carbocycles. The van der Waals surface area contributed by atoms with Crippen molar-refractivity contribution in [3.63, 3.8) is 0 Å². The molecule has 9 heteroatoms. The first-order chi connectivity index (χ1) is 13.8. The summed E-state index contributed by atoms with van der Waals surface area (Å²) in [7, 11) is 0. The van der Waals surface area contributed by atoms with Crippen molar-refractivity contribution in [2.75, 3.05) is 5.32 Å². The molecule has 1 aliphatic heterocycles. The first-order valence-electron chi connectivity index (χ1n) is 9.42. The predicted molar refractivity (Wildman–Crippen MR) is 101 cm³/mol. The van der Waals surface area contributed by atoms with Gasteiger partial charge in [-0.05, 0) is 37.1 Å². The highest BCUT2D eigenvalue weighted by Gasteiger charge is 2.16. The Labute approximate surface area is 160 Å². The van der Waals surface area contributed by atoms with Crippen molar-refractivity contribution in [1.29, 1.82) is 0 Å². The zero-order valence-corrected chi connectivity index (χ0v) is 15.2. The van der Waals surface area contributed by atoms with E-state index in [0.717, 1.165) is 37.5 Å². The topological polar surface area (TPSA) is 85.8 Å². The third kappa shape index (κ3) is 2.98. The number of fused-ring (bicyclic) bond motifs is 2. The van der Waals surface area contributed by atoms with Crippen molar-refractivity contribution in [1.82, 2.24) is 34.6 Å². The average Bonchev–Trinajstić information content (AvgIpc) is 3.22. The molecule has 1 aromatic carbocycles. The number of rotatable bonds is 4. The maximum absolute atomic E-state index is 14.2. The van der Waals surface area contributed by atoms with Crippen LogP contribution >= 0.6 is 0 Å². The van der Waals surface area contributed by atoms with Gasteiger partial charge in [0.05, 0.1) is 12.1 Å². The van der Waals surface area contributed by atoms with Crippen molar-refractivity contribution in [2.24, 2.45) is 0 Å². The van der Waals surface area contributed by atoms with Gasteiger partial charge >= 0.3 is 0 Å². The molecule has 3 aromatic heterocycles. The second-order valence-electron chi connectivity index (χ2n) is 6.84. The summed E-state index contributed by atoms with van der Waals surface area (Å²) in [5.74, 6) is 2.60. The van der Waals surface area contributed by atoms with Gasteiger partial charge in [0.15, 0.2) is 17.3 Å². The number of anilines is 1. The number of aromatic nitrogens is 7.